The van der Waals surface area contributed by atoms with E-state index in [-0.39, 0.29) is 17.8 Å². The Balaban J connectivity index is 1.99. The molecule has 20 heavy (non-hydrogen) atoms. The summed E-state index contributed by atoms with van der Waals surface area (Å²) in [5.41, 5.74) is 0.649. The van der Waals surface area contributed by atoms with Gasteiger partial charge in [0.15, 0.2) is 0 Å². The van der Waals surface area contributed by atoms with Gasteiger partial charge < -0.3 is 9.47 Å². The standard InChI is InChI=1S/C15H17NO4/c1-19-13-5-3-2-4-11(13)16(14(17)10-6-7-10)12-8-9-20-15(12)18/h2-5,10,12H,6-9H2,1H3. The lowest BCUT2D eigenvalue weighted by atomic mass is 10.1. The molecule has 0 N–H and O–H groups in total. The molecule has 1 amide bonds. The highest BCUT2D eigenvalue weighted by Crippen LogP contribution is 2.38. The van der Waals surface area contributed by atoms with Crippen molar-refractivity contribution in [1.29, 1.82) is 0 Å². The fourth-order valence-electron chi connectivity index (χ4n) is 2.52. The van der Waals surface area contributed by atoms with E-state index >= 15 is 0 Å². The fraction of sp³-hybridized carbons (Fsp3) is 0.467. The van der Waals surface area contributed by atoms with Crippen LogP contribution in [0.4, 0.5) is 5.69 Å². The number of carbonyl (C=O) groups is 2. The molecular formula is C15H17NO4. The Bertz CT molecular complexity index is 538. The zero-order valence-corrected chi connectivity index (χ0v) is 11.4. The molecule has 1 heterocycles. The number of carbonyl (C=O) groups excluding carboxylic acids is 2. The van der Waals surface area contributed by atoms with Gasteiger partial charge in [0.05, 0.1) is 19.4 Å². The number of ether oxygens (including phenoxy) is 2. The average molecular weight is 275 g/mol. The van der Waals surface area contributed by atoms with Gasteiger partial charge in [-0.3, -0.25) is 9.69 Å². The molecule has 1 saturated heterocycles. The van der Waals surface area contributed by atoms with E-state index in [0.29, 0.717) is 24.5 Å². The smallest absolute Gasteiger partial charge is 0.329 e. The molecule has 1 atom stereocenters. The summed E-state index contributed by atoms with van der Waals surface area (Å²) in [7, 11) is 1.56. The van der Waals surface area contributed by atoms with Crippen LogP contribution in [0.5, 0.6) is 5.75 Å². The molecule has 106 valence electrons. The van der Waals surface area contributed by atoms with E-state index in [4.69, 9.17) is 9.47 Å². The number of amides is 1. The van der Waals surface area contributed by atoms with Gasteiger partial charge in [-0.15, -0.1) is 0 Å². The lowest BCUT2D eigenvalue weighted by Crippen LogP contribution is -2.44. The van der Waals surface area contributed by atoms with Gasteiger partial charge in [0.2, 0.25) is 5.91 Å². The summed E-state index contributed by atoms with van der Waals surface area (Å²) in [6.07, 6.45) is 2.33. The van der Waals surface area contributed by atoms with Crippen molar-refractivity contribution in [2.75, 3.05) is 18.6 Å². The lowest BCUT2D eigenvalue weighted by molar-refractivity contribution is -0.140. The number of hydrogen-bond donors (Lipinski definition) is 0. The van der Waals surface area contributed by atoms with Crippen molar-refractivity contribution in [3.8, 4) is 5.75 Å². The number of cyclic esters (lactones) is 1. The first-order chi connectivity index (χ1) is 9.72. The zero-order valence-electron chi connectivity index (χ0n) is 11.4. The predicted octanol–water partition coefficient (Wildman–Crippen LogP) is 1.75. The van der Waals surface area contributed by atoms with Crippen molar-refractivity contribution >= 4 is 17.6 Å². The predicted molar refractivity (Wildman–Crippen MR) is 72.6 cm³/mol. The third kappa shape index (κ3) is 2.24. The Labute approximate surface area is 117 Å². The van der Waals surface area contributed by atoms with Crippen LogP contribution >= 0.6 is 0 Å². The molecule has 2 aliphatic rings. The van der Waals surface area contributed by atoms with Gasteiger partial charge in [-0.25, -0.2) is 4.79 Å². The van der Waals surface area contributed by atoms with E-state index in [1.54, 1.807) is 18.1 Å². The number of methoxy groups -OCH3 is 1. The van der Waals surface area contributed by atoms with Crippen LogP contribution in [0.3, 0.4) is 0 Å². The minimum absolute atomic E-state index is 0.00153. The van der Waals surface area contributed by atoms with Gasteiger partial charge in [0, 0.05) is 12.3 Å². The Hall–Kier alpha value is -2.04. The van der Waals surface area contributed by atoms with Crippen LogP contribution in [-0.4, -0.2) is 31.6 Å². The summed E-state index contributed by atoms with van der Waals surface area (Å²) in [4.78, 5) is 26.0. The molecule has 0 aromatic heterocycles. The van der Waals surface area contributed by atoms with Gasteiger partial charge in [-0.2, -0.15) is 0 Å². The number of esters is 1. The van der Waals surface area contributed by atoms with E-state index in [9.17, 15) is 9.59 Å². The zero-order chi connectivity index (χ0) is 14.1. The maximum absolute atomic E-state index is 12.6. The second-order valence-electron chi connectivity index (χ2n) is 5.13. The second kappa shape index (κ2) is 5.15. The van der Waals surface area contributed by atoms with Crippen molar-refractivity contribution in [1.82, 2.24) is 0 Å². The van der Waals surface area contributed by atoms with Crippen molar-refractivity contribution < 1.29 is 19.1 Å². The van der Waals surface area contributed by atoms with E-state index in [2.05, 4.69) is 0 Å². The highest BCUT2D eigenvalue weighted by atomic mass is 16.5. The van der Waals surface area contributed by atoms with Gasteiger partial charge >= 0.3 is 5.97 Å². The van der Waals surface area contributed by atoms with Crippen molar-refractivity contribution in [2.45, 2.75) is 25.3 Å². The van der Waals surface area contributed by atoms with E-state index in [1.807, 2.05) is 18.2 Å². The van der Waals surface area contributed by atoms with Crippen LogP contribution in [0.1, 0.15) is 19.3 Å². The molecule has 0 spiro atoms. The quantitative estimate of drug-likeness (QED) is 0.786. The summed E-state index contributed by atoms with van der Waals surface area (Å²) in [5.74, 6) is 0.303. The molecule has 0 bridgehead atoms. The molecule has 2 fully saturated rings. The molecule has 5 heteroatoms. The molecule has 5 nitrogen and oxygen atoms in total. The highest BCUT2D eigenvalue weighted by molar-refractivity contribution is 6.03. The summed E-state index contributed by atoms with van der Waals surface area (Å²) < 4.78 is 10.3. The lowest BCUT2D eigenvalue weighted by Gasteiger charge is -2.28. The van der Waals surface area contributed by atoms with E-state index in [0.717, 1.165) is 12.8 Å². The first kappa shape index (κ1) is 13.0. The Kier molecular flexibility index (Phi) is 3.34. The molecule has 0 radical (unpaired) electrons. The number of anilines is 1. The van der Waals surface area contributed by atoms with Crippen LogP contribution in [0, 0.1) is 5.92 Å². The Morgan fingerprint density at radius 1 is 1.30 bits per heavy atom. The van der Waals surface area contributed by atoms with Crippen LogP contribution in [-0.2, 0) is 14.3 Å². The molecule has 3 rings (SSSR count). The minimum atomic E-state index is -0.528. The fourth-order valence-corrected chi connectivity index (χ4v) is 2.52. The number of nitrogens with zero attached hydrogens (tertiary/aromatic N) is 1. The van der Waals surface area contributed by atoms with Crippen molar-refractivity contribution in [3.05, 3.63) is 24.3 Å². The van der Waals surface area contributed by atoms with Gasteiger partial charge in [0.1, 0.15) is 11.8 Å². The van der Waals surface area contributed by atoms with Gasteiger partial charge in [-0.1, -0.05) is 12.1 Å². The summed E-state index contributed by atoms with van der Waals surface area (Å²) >= 11 is 0. The minimum Gasteiger partial charge on any atom is -0.495 e. The number of para-hydroxylation sites is 2. The van der Waals surface area contributed by atoms with E-state index < -0.39 is 6.04 Å². The monoisotopic (exact) mass is 275 g/mol. The average Bonchev–Trinajstić information content (AvgIpc) is 3.24. The van der Waals surface area contributed by atoms with Crippen LogP contribution in [0.15, 0.2) is 24.3 Å². The maximum Gasteiger partial charge on any atom is 0.329 e. The SMILES string of the molecule is COc1ccccc1N(C(=O)C1CC1)C1CCOC1=O. The Morgan fingerprint density at radius 3 is 2.65 bits per heavy atom. The molecule has 1 unspecified atom stereocenters. The first-order valence-corrected chi connectivity index (χ1v) is 6.85. The highest BCUT2D eigenvalue weighted by Gasteiger charge is 2.42. The van der Waals surface area contributed by atoms with E-state index in [1.165, 1.54) is 0 Å². The normalized spacial score (nSPS) is 21.4. The second-order valence-corrected chi connectivity index (χ2v) is 5.13. The van der Waals surface area contributed by atoms with Crippen LogP contribution in [0.2, 0.25) is 0 Å². The largest absolute Gasteiger partial charge is 0.495 e. The molecule has 1 aromatic rings. The van der Waals surface area contributed by atoms with Gasteiger partial charge in [-0.05, 0) is 25.0 Å². The van der Waals surface area contributed by atoms with Crippen molar-refractivity contribution in [2.24, 2.45) is 5.92 Å². The van der Waals surface area contributed by atoms with Crippen LogP contribution in [0.25, 0.3) is 0 Å². The summed E-state index contributed by atoms with van der Waals surface area (Å²) in [6.45, 7) is 0.368. The number of benzene rings is 1. The summed E-state index contributed by atoms with van der Waals surface area (Å²) in [5, 5.41) is 0. The maximum atomic E-state index is 12.6. The van der Waals surface area contributed by atoms with Crippen molar-refractivity contribution in [3.63, 3.8) is 0 Å². The van der Waals surface area contributed by atoms with Crippen LogP contribution < -0.4 is 9.64 Å². The molecule has 1 aromatic carbocycles. The third-order valence-corrected chi connectivity index (χ3v) is 3.73. The molecular weight excluding hydrogens is 258 g/mol. The Morgan fingerprint density at radius 2 is 2.05 bits per heavy atom. The number of rotatable bonds is 4. The molecule has 1 aliphatic carbocycles. The van der Waals surface area contributed by atoms with Gasteiger partial charge in [0.25, 0.3) is 0 Å². The third-order valence-electron chi connectivity index (χ3n) is 3.73. The topological polar surface area (TPSA) is 55.8 Å². The first-order valence-electron chi connectivity index (χ1n) is 6.85. The number of hydrogen-bond acceptors (Lipinski definition) is 4. The molecule has 1 aliphatic heterocycles. The molecule has 1 saturated carbocycles. The summed E-state index contributed by atoms with van der Waals surface area (Å²) in [6, 6.07) is 6.76.